The van der Waals surface area contributed by atoms with Crippen molar-refractivity contribution in [3.05, 3.63) is 63.1 Å². The molecule has 1 atom stereocenters. The van der Waals surface area contributed by atoms with Crippen LogP contribution in [0.3, 0.4) is 0 Å². The van der Waals surface area contributed by atoms with Crippen molar-refractivity contribution in [1.29, 1.82) is 0 Å². The molecule has 1 heterocycles. The van der Waals surface area contributed by atoms with E-state index in [0.29, 0.717) is 23.1 Å². The Kier molecular flexibility index (Phi) is 8.54. The maximum atomic E-state index is 12.5. The van der Waals surface area contributed by atoms with Crippen LogP contribution in [0.1, 0.15) is 29.7 Å². The van der Waals surface area contributed by atoms with Crippen molar-refractivity contribution in [3.8, 4) is 0 Å². The molecule has 32 heavy (non-hydrogen) atoms. The number of aryl methyl sites for hydroxylation is 2. The second kappa shape index (κ2) is 11.1. The van der Waals surface area contributed by atoms with E-state index in [9.17, 15) is 9.59 Å². The number of hydrogen-bond acceptors (Lipinski definition) is 4. The third kappa shape index (κ3) is 6.69. The minimum atomic E-state index is -0.206. The number of hydrogen-bond donors (Lipinski definition) is 2. The molecule has 172 valence electrons. The summed E-state index contributed by atoms with van der Waals surface area (Å²) in [7, 11) is 0. The summed E-state index contributed by atoms with van der Waals surface area (Å²) in [6.45, 7) is 9.51. The van der Waals surface area contributed by atoms with Gasteiger partial charge in [0, 0.05) is 41.9 Å². The Morgan fingerprint density at radius 2 is 1.50 bits per heavy atom. The largest absolute Gasteiger partial charge is 0.348 e. The number of para-hydroxylation sites is 1. The zero-order chi connectivity index (χ0) is 23.3. The van der Waals surface area contributed by atoms with Gasteiger partial charge in [-0.05, 0) is 49.6 Å². The first-order chi connectivity index (χ1) is 15.2. The van der Waals surface area contributed by atoms with Gasteiger partial charge < -0.3 is 10.6 Å². The number of amides is 2. The normalized spacial score (nSPS) is 15.9. The molecule has 0 aromatic heterocycles. The number of carbonyl (C=O) groups is 2. The molecule has 0 saturated carbocycles. The molecule has 1 unspecified atom stereocenters. The highest BCUT2D eigenvalue weighted by atomic mass is 35.5. The van der Waals surface area contributed by atoms with Crippen LogP contribution < -0.4 is 10.6 Å². The lowest BCUT2D eigenvalue weighted by Crippen LogP contribution is -2.51. The molecule has 3 rings (SSSR count). The van der Waals surface area contributed by atoms with Gasteiger partial charge in [0.1, 0.15) is 0 Å². The van der Waals surface area contributed by atoms with E-state index < -0.39 is 0 Å². The number of benzene rings is 2. The summed E-state index contributed by atoms with van der Waals surface area (Å²) >= 11 is 12.2. The average molecular weight is 477 g/mol. The number of anilines is 1. The Balaban J connectivity index is 1.42. The van der Waals surface area contributed by atoms with Crippen molar-refractivity contribution in [2.24, 2.45) is 0 Å². The van der Waals surface area contributed by atoms with Crippen LogP contribution in [0.5, 0.6) is 0 Å². The summed E-state index contributed by atoms with van der Waals surface area (Å²) in [6.07, 6.45) is 0. The zero-order valence-corrected chi connectivity index (χ0v) is 20.3. The molecule has 2 aromatic carbocycles. The van der Waals surface area contributed by atoms with E-state index in [1.54, 1.807) is 12.1 Å². The maximum Gasteiger partial charge on any atom is 0.238 e. The summed E-state index contributed by atoms with van der Waals surface area (Å²) < 4.78 is 0. The average Bonchev–Trinajstić information content (AvgIpc) is 2.72. The minimum Gasteiger partial charge on any atom is -0.348 e. The van der Waals surface area contributed by atoms with E-state index in [4.69, 9.17) is 23.2 Å². The van der Waals surface area contributed by atoms with E-state index in [1.165, 1.54) is 0 Å². The van der Waals surface area contributed by atoms with Gasteiger partial charge in [0.05, 0.1) is 19.1 Å². The topological polar surface area (TPSA) is 64.7 Å². The molecule has 2 aromatic rings. The third-order valence-corrected chi connectivity index (χ3v) is 6.31. The number of nitrogens with one attached hydrogen (secondary N) is 2. The lowest BCUT2D eigenvalue weighted by atomic mass is 10.1. The van der Waals surface area contributed by atoms with Crippen LogP contribution in [0.15, 0.2) is 36.4 Å². The standard InChI is InChI=1S/C24H30Cl2N4O2/c1-16-5-4-6-17(2)24(16)28-23(32)15-30-11-9-29(10-12-30)14-22(31)27-18(3)20-8-7-19(25)13-21(20)26/h4-8,13,18H,9-12,14-15H2,1-3H3,(H,27,31)(H,28,32). The molecule has 2 amide bonds. The molecular formula is C24H30Cl2N4O2. The van der Waals surface area contributed by atoms with Gasteiger partial charge in [0.25, 0.3) is 0 Å². The second-order valence-electron chi connectivity index (χ2n) is 8.32. The molecule has 2 N–H and O–H groups in total. The lowest BCUT2D eigenvalue weighted by Gasteiger charge is -2.34. The molecule has 0 bridgehead atoms. The van der Waals surface area contributed by atoms with Gasteiger partial charge in [0.15, 0.2) is 0 Å². The second-order valence-corrected chi connectivity index (χ2v) is 9.17. The summed E-state index contributed by atoms with van der Waals surface area (Å²) in [5.41, 5.74) is 3.85. The Morgan fingerprint density at radius 3 is 2.06 bits per heavy atom. The molecule has 1 fully saturated rings. The predicted molar refractivity (Wildman–Crippen MR) is 130 cm³/mol. The van der Waals surface area contributed by atoms with Gasteiger partial charge in [-0.3, -0.25) is 19.4 Å². The highest BCUT2D eigenvalue weighted by Crippen LogP contribution is 2.26. The number of nitrogens with zero attached hydrogens (tertiary/aromatic N) is 2. The van der Waals surface area contributed by atoms with E-state index in [-0.39, 0.29) is 17.9 Å². The molecule has 1 aliphatic heterocycles. The summed E-state index contributed by atoms with van der Waals surface area (Å²) in [5.74, 6) is -0.0630. The first-order valence-corrected chi connectivity index (χ1v) is 11.5. The molecule has 0 spiro atoms. The van der Waals surface area contributed by atoms with Crippen molar-refractivity contribution in [2.75, 3.05) is 44.6 Å². The molecule has 0 aliphatic carbocycles. The van der Waals surface area contributed by atoms with Crippen LogP contribution >= 0.6 is 23.2 Å². The van der Waals surface area contributed by atoms with Crippen LogP contribution in [0.25, 0.3) is 0 Å². The number of piperazine rings is 1. The van der Waals surface area contributed by atoms with Crippen LogP contribution in [-0.2, 0) is 9.59 Å². The van der Waals surface area contributed by atoms with Crippen molar-refractivity contribution < 1.29 is 9.59 Å². The highest BCUT2D eigenvalue weighted by Gasteiger charge is 2.22. The predicted octanol–water partition coefficient (Wildman–Crippen LogP) is 4.04. The number of carbonyl (C=O) groups excluding carboxylic acids is 2. The fourth-order valence-corrected chi connectivity index (χ4v) is 4.49. The van der Waals surface area contributed by atoms with Crippen LogP contribution in [-0.4, -0.2) is 60.9 Å². The van der Waals surface area contributed by atoms with Crippen LogP contribution in [0.4, 0.5) is 5.69 Å². The van der Waals surface area contributed by atoms with Gasteiger partial charge >= 0.3 is 0 Å². The SMILES string of the molecule is Cc1cccc(C)c1NC(=O)CN1CCN(CC(=O)NC(C)c2ccc(Cl)cc2Cl)CC1. The molecule has 1 saturated heterocycles. The Labute approximate surface area is 199 Å². The molecule has 6 nitrogen and oxygen atoms in total. The summed E-state index contributed by atoms with van der Waals surface area (Å²) in [6, 6.07) is 11.0. The Bertz CT molecular complexity index is 954. The summed E-state index contributed by atoms with van der Waals surface area (Å²) in [5, 5.41) is 7.14. The van der Waals surface area contributed by atoms with E-state index in [0.717, 1.165) is 48.6 Å². The van der Waals surface area contributed by atoms with Crippen molar-refractivity contribution in [1.82, 2.24) is 15.1 Å². The first kappa shape index (κ1) is 24.5. The molecule has 0 radical (unpaired) electrons. The van der Waals surface area contributed by atoms with Crippen molar-refractivity contribution in [3.63, 3.8) is 0 Å². The Morgan fingerprint density at radius 1 is 0.938 bits per heavy atom. The quantitative estimate of drug-likeness (QED) is 0.632. The fourth-order valence-electron chi connectivity index (χ4n) is 3.92. The van der Waals surface area contributed by atoms with Gasteiger partial charge in [-0.15, -0.1) is 0 Å². The van der Waals surface area contributed by atoms with Crippen molar-refractivity contribution >= 4 is 40.7 Å². The highest BCUT2D eigenvalue weighted by molar-refractivity contribution is 6.35. The Hall–Kier alpha value is -2.12. The maximum absolute atomic E-state index is 12.5. The van der Waals surface area contributed by atoms with Gasteiger partial charge in [-0.2, -0.15) is 0 Å². The first-order valence-electron chi connectivity index (χ1n) is 10.8. The lowest BCUT2D eigenvalue weighted by molar-refractivity contribution is -0.124. The van der Waals surface area contributed by atoms with E-state index in [1.807, 2.05) is 45.0 Å². The van der Waals surface area contributed by atoms with Crippen molar-refractivity contribution in [2.45, 2.75) is 26.8 Å². The minimum absolute atomic E-state index is 0.0118. The van der Waals surface area contributed by atoms with E-state index in [2.05, 4.69) is 20.4 Å². The van der Waals surface area contributed by atoms with Gasteiger partial charge in [0.2, 0.25) is 11.8 Å². The third-order valence-electron chi connectivity index (χ3n) is 5.75. The zero-order valence-electron chi connectivity index (χ0n) is 18.8. The van der Waals surface area contributed by atoms with Crippen LogP contribution in [0.2, 0.25) is 10.0 Å². The monoisotopic (exact) mass is 476 g/mol. The molecular weight excluding hydrogens is 447 g/mol. The number of rotatable bonds is 7. The molecule has 8 heteroatoms. The number of halogens is 2. The molecule has 1 aliphatic rings. The van der Waals surface area contributed by atoms with Crippen LogP contribution in [0, 0.1) is 13.8 Å². The smallest absolute Gasteiger partial charge is 0.238 e. The van der Waals surface area contributed by atoms with E-state index >= 15 is 0 Å². The van der Waals surface area contributed by atoms with Gasteiger partial charge in [-0.25, -0.2) is 0 Å². The fraction of sp³-hybridized carbons (Fsp3) is 0.417. The van der Waals surface area contributed by atoms with Gasteiger partial charge in [-0.1, -0.05) is 47.5 Å². The summed E-state index contributed by atoms with van der Waals surface area (Å²) in [4.78, 5) is 29.2.